The summed E-state index contributed by atoms with van der Waals surface area (Å²) in [5.74, 6) is 6.77. The van der Waals surface area contributed by atoms with Gasteiger partial charge in [0, 0.05) is 6.61 Å². The van der Waals surface area contributed by atoms with E-state index in [2.05, 4.69) is 62.3 Å². The first kappa shape index (κ1) is 23.6. The van der Waals surface area contributed by atoms with Crippen molar-refractivity contribution in [3.05, 3.63) is 0 Å². The Morgan fingerprint density at radius 3 is 1.93 bits per heavy atom. The van der Waals surface area contributed by atoms with Gasteiger partial charge in [0.05, 0.1) is 6.10 Å². The zero-order chi connectivity index (χ0) is 21.6. The molecule has 0 heterocycles. The van der Waals surface area contributed by atoms with Gasteiger partial charge in [0.25, 0.3) is 0 Å². The van der Waals surface area contributed by atoms with Gasteiger partial charge in [-0.15, -0.1) is 0 Å². The first-order chi connectivity index (χ1) is 13.4. The zero-order valence-corrected chi connectivity index (χ0v) is 21.3. The Kier molecular flexibility index (Phi) is 7.20. The first-order valence-corrected chi connectivity index (χ1v) is 13.0. The Hall–Kier alpha value is -0.0400. The third kappa shape index (κ3) is 5.42. The van der Waals surface area contributed by atoms with Crippen LogP contribution >= 0.6 is 0 Å². The number of ether oxygens (including phenoxy) is 1. The molecular weight excluding hydrogens is 352 g/mol. The third-order valence-electron chi connectivity index (χ3n) is 9.09. The van der Waals surface area contributed by atoms with Crippen LogP contribution in [-0.2, 0) is 4.74 Å². The van der Waals surface area contributed by atoms with Crippen LogP contribution in [0, 0.1) is 58.2 Å². The summed E-state index contributed by atoms with van der Waals surface area (Å²) in [6.07, 6.45) is 10.6. The highest BCUT2D eigenvalue weighted by Crippen LogP contribution is 2.58. The topological polar surface area (TPSA) is 9.23 Å². The number of hydrogen-bond donors (Lipinski definition) is 0. The highest BCUT2D eigenvalue weighted by molar-refractivity contribution is 5.03. The lowest BCUT2D eigenvalue weighted by Crippen LogP contribution is -2.51. The molecule has 1 heteroatoms. The summed E-state index contributed by atoms with van der Waals surface area (Å²) in [7, 11) is 0. The maximum Gasteiger partial charge on any atom is 0.0642 e. The highest BCUT2D eigenvalue weighted by atomic mass is 16.5. The summed E-state index contributed by atoms with van der Waals surface area (Å²) in [4.78, 5) is 0. The van der Waals surface area contributed by atoms with Crippen molar-refractivity contribution in [2.24, 2.45) is 58.2 Å². The molecule has 0 aliphatic heterocycles. The summed E-state index contributed by atoms with van der Waals surface area (Å²) >= 11 is 0. The van der Waals surface area contributed by atoms with Crippen LogP contribution in [0.2, 0.25) is 0 Å². The lowest BCUT2D eigenvalue weighted by atomic mass is 9.55. The first-order valence-electron chi connectivity index (χ1n) is 13.0. The van der Waals surface area contributed by atoms with Crippen LogP contribution in [0.1, 0.15) is 107 Å². The SMILES string of the molecule is CC(C)COC1C(C(C)(C)C)CC2CC(C)CC2[C@H]1C1CCC(C(C)(C)C)CC1. The van der Waals surface area contributed by atoms with Gasteiger partial charge in [0.1, 0.15) is 0 Å². The standard InChI is InChI=1S/C28H52O/c1-18(2)17-29-26-24(28(7,8)9)16-21-14-19(3)15-23(21)25(26)20-10-12-22(13-11-20)27(4,5)6/h18-26H,10-17H2,1-9H3/t19?,20?,21?,22?,23?,24?,25-,26?/m1/s1. The Morgan fingerprint density at radius 1 is 0.793 bits per heavy atom. The zero-order valence-electron chi connectivity index (χ0n) is 21.3. The molecule has 0 N–H and O–H groups in total. The van der Waals surface area contributed by atoms with Crippen molar-refractivity contribution in [3.8, 4) is 0 Å². The fourth-order valence-corrected chi connectivity index (χ4v) is 7.52. The average Bonchev–Trinajstić information content (AvgIpc) is 2.97. The lowest BCUT2D eigenvalue weighted by Gasteiger charge is -2.53. The van der Waals surface area contributed by atoms with E-state index in [1.54, 1.807) is 0 Å². The van der Waals surface area contributed by atoms with Gasteiger partial charge in [-0.1, -0.05) is 62.3 Å². The van der Waals surface area contributed by atoms with Crippen molar-refractivity contribution in [2.75, 3.05) is 6.61 Å². The summed E-state index contributed by atoms with van der Waals surface area (Å²) < 4.78 is 6.89. The highest BCUT2D eigenvalue weighted by Gasteiger charge is 2.53. The van der Waals surface area contributed by atoms with Crippen molar-refractivity contribution < 1.29 is 4.74 Å². The van der Waals surface area contributed by atoms with Crippen molar-refractivity contribution in [1.82, 2.24) is 0 Å². The van der Waals surface area contributed by atoms with Gasteiger partial charge in [0.2, 0.25) is 0 Å². The smallest absolute Gasteiger partial charge is 0.0642 e. The molecule has 3 aliphatic carbocycles. The number of hydrogen-bond acceptors (Lipinski definition) is 1. The Morgan fingerprint density at radius 2 is 1.41 bits per heavy atom. The molecule has 3 fully saturated rings. The summed E-state index contributed by atoms with van der Waals surface area (Å²) in [5.41, 5.74) is 0.822. The molecule has 0 aromatic carbocycles. The molecule has 3 aliphatic rings. The molecule has 0 spiro atoms. The molecule has 0 saturated heterocycles. The minimum atomic E-state index is 0.347. The number of rotatable bonds is 4. The van der Waals surface area contributed by atoms with E-state index >= 15 is 0 Å². The van der Waals surface area contributed by atoms with E-state index in [1.807, 2.05) is 0 Å². The molecule has 6 atom stereocenters. The summed E-state index contributed by atoms with van der Waals surface area (Å²) in [6, 6.07) is 0. The molecule has 3 saturated carbocycles. The van der Waals surface area contributed by atoms with Crippen LogP contribution < -0.4 is 0 Å². The van der Waals surface area contributed by atoms with Crippen LogP contribution in [0.3, 0.4) is 0 Å². The lowest BCUT2D eigenvalue weighted by molar-refractivity contribution is -0.139. The van der Waals surface area contributed by atoms with Crippen LogP contribution in [-0.4, -0.2) is 12.7 Å². The fraction of sp³-hybridized carbons (Fsp3) is 1.00. The average molecular weight is 405 g/mol. The third-order valence-corrected chi connectivity index (χ3v) is 9.09. The van der Waals surface area contributed by atoms with E-state index < -0.39 is 0 Å². The molecule has 0 aromatic rings. The van der Waals surface area contributed by atoms with Crippen LogP contribution in [0.5, 0.6) is 0 Å². The van der Waals surface area contributed by atoms with E-state index in [9.17, 15) is 0 Å². The van der Waals surface area contributed by atoms with E-state index in [0.717, 1.165) is 48.0 Å². The van der Waals surface area contributed by atoms with Crippen LogP contribution in [0.15, 0.2) is 0 Å². The molecule has 0 aromatic heterocycles. The van der Waals surface area contributed by atoms with Gasteiger partial charge in [-0.3, -0.25) is 0 Å². The molecule has 0 bridgehead atoms. The van der Waals surface area contributed by atoms with Gasteiger partial charge in [-0.25, -0.2) is 0 Å². The molecule has 3 rings (SSSR count). The van der Waals surface area contributed by atoms with Crippen molar-refractivity contribution in [3.63, 3.8) is 0 Å². The fourth-order valence-electron chi connectivity index (χ4n) is 7.52. The Labute approximate surface area is 183 Å². The maximum atomic E-state index is 6.89. The summed E-state index contributed by atoms with van der Waals surface area (Å²) in [5, 5.41) is 0. The molecular formula is C28H52O. The minimum absolute atomic E-state index is 0.347. The van der Waals surface area contributed by atoms with E-state index in [0.29, 0.717) is 22.9 Å². The quantitative estimate of drug-likeness (QED) is 0.458. The Bertz CT molecular complexity index is 513. The van der Waals surface area contributed by atoms with Gasteiger partial charge in [-0.05, 0) is 103 Å². The largest absolute Gasteiger partial charge is 0.377 e. The van der Waals surface area contributed by atoms with Gasteiger partial charge in [0.15, 0.2) is 0 Å². The second kappa shape index (κ2) is 8.84. The van der Waals surface area contributed by atoms with Crippen molar-refractivity contribution in [1.29, 1.82) is 0 Å². The molecule has 0 radical (unpaired) electrons. The van der Waals surface area contributed by atoms with Crippen LogP contribution in [0.25, 0.3) is 0 Å². The Balaban J connectivity index is 1.85. The van der Waals surface area contributed by atoms with E-state index in [4.69, 9.17) is 4.74 Å². The minimum Gasteiger partial charge on any atom is -0.377 e. The predicted octanol–water partition coefficient (Wildman–Crippen LogP) is 8.22. The monoisotopic (exact) mass is 404 g/mol. The second-order valence-electron chi connectivity index (χ2n) is 14.0. The molecule has 0 amide bonds. The van der Waals surface area contributed by atoms with Crippen molar-refractivity contribution >= 4 is 0 Å². The molecule has 1 nitrogen and oxygen atoms in total. The van der Waals surface area contributed by atoms with E-state index in [1.165, 1.54) is 44.9 Å². The number of fused-ring (bicyclic) bond motifs is 1. The molecule has 29 heavy (non-hydrogen) atoms. The van der Waals surface area contributed by atoms with Crippen molar-refractivity contribution in [2.45, 2.75) is 113 Å². The van der Waals surface area contributed by atoms with Gasteiger partial charge < -0.3 is 4.74 Å². The van der Waals surface area contributed by atoms with Gasteiger partial charge in [-0.2, -0.15) is 0 Å². The maximum absolute atomic E-state index is 6.89. The van der Waals surface area contributed by atoms with Gasteiger partial charge >= 0.3 is 0 Å². The molecule has 5 unspecified atom stereocenters. The van der Waals surface area contributed by atoms with E-state index in [-0.39, 0.29) is 0 Å². The normalized spacial score (nSPS) is 41.6. The summed E-state index contributed by atoms with van der Waals surface area (Å²) in [6.45, 7) is 22.9. The predicted molar refractivity (Wildman–Crippen MR) is 126 cm³/mol. The molecule has 170 valence electrons. The second-order valence-corrected chi connectivity index (χ2v) is 14.0. The van der Waals surface area contributed by atoms with Crippen LogP contribution in [0.4, 0.5) is 0 Å².